The fraction of sp³-hybridized carbons (Fsp3) is 1.00. The second kappa shape index (κ2) is 45.7. The summed E-state index contributed by atoms with van der Waals surface area (Å²) in [5.74, 6) is 0.793. The van der Waals surface area contributed by atoms with Crippen molar-refractivity contribution in [2.75, 3.05) is 56.9 Å². The number of hydrogen-bond donors (Lipinski definition) is 0. The van der Waals surface area contributed by atoms with Gasteiger partial charge >= 0.3 is 0 Å². The highest BCUT2D eigenvalue weighted by molar-refractivity contribution is 4.81. The molecule has 0 heterocycles. The maximum Gasteiger partial charge on any atom is 0.0671 e. The quantitative estimate of drug-likeness (QED) is 0.161. The van der Waals surface area contributed by atoms with Crippen molar-refractivity contribution in [2.45, 2.75) is 274 Å². The van der Waals surface area contributed by atoms with Gasteiger partial charge in [0.25, 0.3) is 0 Å². The van der Waals surface area contributed by atoms with Gasteiger partial charge in [0.05, 0.1) is 46.8 Å². The van der Waals surface area contributed by atoms with Gasteiger partial charge in [0.2, 0.25) is 0 Å². The van der Waals surface area contributed by atoms with E-state index in [1.807, 2.05) is 48.8 Å². The third-order valence-corrected chi connectivity index (χ3v) is 12.1. The Bertz CT molecular complexity index is 727. The van der Waals surface area contributed by atoms with Crippen LogP contribution in [0.3, 0.4) is 0 Å². The van der Waals surface area contributed by atoms with E-state index in [0.29, 0.717) is 24.4 Å². The molecular formula is C51H114O8. The van der Waals surface area contributed by atoms with Gasteiger partial charge in [-0.1, -0.05) is 87.0 Å². The molecule has 0 N–H and O–H groups in total. The third kappa shape index (κ3) is 50.2. The van der Waals surface area contributed by atoms with Crippen LogP contribution >= 0.6 is 0 Å². The van der Waals surface area contributed by atoms with E-state index >= 15 is 0 Å². The number of methoxy groups -OCH3 is 8. The molecule has 2 aliphatic carbocycles. The van der Waals surface area contributed by atoms with E-state index < -0.39 is 0 Å². The molecule has 2 saturated carbocycles. The monoisotopic (exact) mass is 855 g/mol. The van der Waals surface area contributed by atoms with Crippen molar-refractivity contribution in [3.05, 3.63) is 0 Å². The highest BCUT2D eigenvalue weighted by Crippen LogP contribution is 2.34. The largest absolute Gasteiger partial charge is 0.382 e. The summed E-state index contributed by atoms with van der Waals surface area (Å²) in [6.07, 6.45) is 23.4. The Morgan fingerprint density at radius 1 is 0.458 bits per heavy atom. The number of hydrogen-bond acceptors (Lipinski definition) is 8. The van der Waals surface area contributed by atoms with Gasteiger partial charge in [0.1, 0.15) is 0 Å². The molecule has 0 saturated heterocycles. The minimum atomic E-state index is 0.0417. The molecule has 8 nitrogen and oxygen atoms in total. The van der Waals surface area contributed by atoms with Gasteiger partial charge in [-0.15, -0.1) is 0 Å². The maximum atomic E-state index is 5.48. The van der Waals surface area contributed by atoms with Gasteiger partial charge in [0, 0.05) is 56.9 Å². The summed E-state index contributed by atoms with van der Waals surface area (Å²) in [6.45, 7) is 35.7. The molecule has 0 amide bonds. The molecule has 2 aliphatic rings. The smallest absolute Gasteiger partial charge is 0.0671 e. The SMILES string of the molecule is CCC(C)(C)OC.CCC(C)OC.CCC(CC)(CC)OC.CCC(CC)OC.COC(C)(C)C.COC(C)(C)C1CCCCC1.COC(C)C.COC1CCCCC1. The Hall–Kier alpha value is -0.320. The molecule has 2 rings (SSSR count). The Balaban J connectivity index is -0.000000138. The van der Waals surface area contributed by atoms with E-state index in [1.54, 1.807) is 42.7 Å². The molecule has 1 atom stereocenters. The van der Waals surface area contributed by atoms with E-state index in [2.05, 4.69) is 83.1 Å². The fourth-order valence-electron chi connectivity index (χ4n) is 5.38. The zero-order valence-corrected chi connectivity index (χ0v) is 45.2. The summed E-state index contributed by atoms with van der Waals surface area (Å²) in [5.41, 5.74) is 0.403. The van der Waals surface area contributed by atoms with Crippen molar-refractivity contribution in [1.29, 1.82) is 0 Å². The Morgan fingerprint density at radius 2 is 0.847 bits per heavy atom. The lowest BCUT2D eigenvalue weighted by atomic mass is 9.79. The molecule has 0 spiro atoms. The van der Waals surface area contributed by atoms with Gasteiger partial charge in [-0.2, -0.15) is 0 Å². The average Bonchev–Trinajstić information content (AvgIpc) is 3.26. The first-order chi connectivity index (χ1) is 27.4. The second-order valence-electron chi connectivity index (χ2n) is 18.1. The van der Waals surface area contributed by atoms with Gasteiger partial charge in [-0.25, -0.2) is 0 Å². The molecule has 0 radical (unpaired) electrons. The van der Waals surface area contributed by atoms with Crippen LogP contribution in [0, 0.1) is 5.92 Å². The molecule has 366 valence electrons. The van der Waals surface area contributed by atoms with E-state index in [1.165, 1.54) is 64.2 Å². The first-order valence-corrected chi connectivity index (χ1v) is 23.8. The van der Waals surface area contributed by atoms with Crippen LogP contribution in [-0.4, -0.2) is 104 Å². The number of rotatable bonds is 15. The average molecular weight is 855 g/mol. The van der Waals surface area contributed by atoms with Crippen molar-refractivity contribution >= 4 is 0 Å². The standard InChI is InChI=1S/C10H20O.C8H18O.C7H14O.2C6H14O.2C5H12O.C4H10O/c1-10(2,11-3)9-7-5-4-6-8-9;1-5-8(6-2,7-3)9-4;1-8-7-5-3-2-4-6-7;1-5-6(2,3)7-4;1-4-6(5-2)7-3;1-5(2,3)6-4;1-4-5(2)6-3;1-4(2)5-3/h9H,4-8H2,1-3H3;5-7H2,1-4H3;7H,2-6H2,1H3;5H2,1-4H3;6H,4-5H2,1-3H3;1-4H3;5H,4H2,1-3H3;4H,1-3H3. The Kier molecular flexibility index (Phi) is 54.5. The summed E-state index contributed by atoms with van der Waals surface area (Å²) in [6, 6.07) is 0. The number of ether oxygens (including phenoxy) is 8. The van der Waals surface area contributed by atoms with E-state index in [9.17, 15) is 0 Å². The van der Waals surface area contributed by atoms with E-state index in [4.69, 9.17) is 37.9 Å². The Morgan fingerprint density at radius 3 is 0.966 bits per heavy atom. The van der Waals surface area contributed by atoms with E-state index in [0.717, 1.165) is 50.9 Å². The topological polar surface area (TPSA) is 73.8 Å². The van der Waals surface area contributed by atoms with Crippen LogP contribution in [-0.2, 0) is 37.9 Å². The Labute approximate surface area is 373 Å². The third-order valence-electron chi connectivity index (χ3n) is 12.1. The lowest BCUT2D eigenvalue weighted by Crippen LogP contribution is -2.34. The van der Waals surface area contributed by atoms with Gasteiger partial charge in [-0.3, -0.25) is 0 Å². The van der Waals surface area contributed by atoms with Crippen LogP contribution < -0.4 is 0 Å². The van der Waals surface area contributed by atoms with Gasteiger partial charge in [0.15, 0.2) is 0 Å². The molecule has 0 aromatic carbocycles. The molecule has 59 heavy (non-hydrogen) atoms. The van der Waals surface area contributed by atoms with Crippen molar-refractivity contribution in [3.63, 3.8) is 0 Å². The zero-order valence-electron chi connectivity index (χ0n) is 45.2. The molecule has 0 aromatic heterocycles. The molecule has 1 unspecified atom stereocenters. The van der Waals surface area contributed by atoms with Gasteiger partial charge in [-0.05, 0) is 146 Å². The van der Waals surface area contributed by atoms with Crippen molar-refractivity contribution in [2.24, 2.45) is 5.92 Å². The van der Waals surface area contributed by atoms with Crippen LogP contribution in [0.1, 0.15) is 227 Å². The predicted octanol–water partition coefficient (Wildman–Crippen LogP) is 15.1. The summed E-state index contributed by atoms with van der Waals surface area (Å²) in [5, 5.41) is 0. The lowest BCUT2D eigenvalue weighted by molar-refractivity contribution is -0.0399. The van der Waals surface area contributed by atoms with Crippen molar-refractivity contribution in [1.82, 2.24) is 0 Å². The summed E-state index contributed by atoms with van der Waals surface area (Å²) < 4.78 is 40.8. The van der Waals surface area contributed by atoms with Crippen LogP contribution in [0.15, 0.2) is 0 Å². The highest BCUT2D eigenvalue weighted by Gasteiger charge is 2.30. The summed E-state index contributed by atoms with van der Waals surface area (Å²) in [4.78, 5) is 0. The first-order valence-electron chi connectivity index (χ1n) is 23.8. The van der Waals surface area contributed by atoms with Crippen LogP contribution in [0.25, 0.3) is 0 Å². The maximum absolute atomic E-state index is 5.48. The molecule has 0 bridgehead atoms. The molecule has 0 aliphatic heterocycles. The fourth-order valence-corrected chi connectivity index (χ4v) is 5.38. The minimum Gasteiger partial charge on any atom is -0.382 e. The van der Waals surface area contributed by atoms with Crippen LogP contribution in [0.5, 0.6) is 0 Å². The summed E-state index contributed by atoms with van der Waals surface area (Å²) >= 11 is 0. The van der Waals surface area contributed by atoms with Crippen LogP contribution in [0.4, 0.5) is 0 Å². The van der Waals surface area contributed by atoms with Crippen LogP contribution in [0.2, 0.25) is 0 Å². The molecule has 0 aromatic rings. The van der Waals surface area contributed by atoms with E-state index in [-0.39, 0.29) is 22.4 Å². The molecular weight excluding hydrogens is 741 g/mol. The van der Waals surface area contributed by atoms with Crippen molar-refractivity contribution < 1.29 is 37.9 Å². The highest BCUT2D eigenvalue weighted by atomic mass is 16.5. The molecule has 2 fully saturated rings. The normalized spacial score (nSPS) is 15.3. The zero-order chi connectivity index (χ0) is 47.6. The lowest BCUT2D eigenvalue weighted by Gasteiger charge is -2.35. The molecule has 8 heteroatoms. The summed E-state index contributed by atoms with van der Waals surface area (Å²) in [7, 11) is 14.1. The van der Waals surface area contributed by atoms with Gasteiger partial charge < -0.3 is 37.9 Å². The second-order valence-corrected chi connectivity index (χ2v) is 18.1. The van der Waals surface area contributed by atoms with Crippen molar-refractivity contribution in [3.8, 4) is 0 Å². The first kappa shape index (κ1) is 70.3. The predicted molar refractivity (Wildman–Crippen MR) is 261 cm³/mol. The minimum absolute atomic E-state index is 0.0417.